The highest BCUT2D eigenvalue weighted by atomic mass is 16.3. The molecule has 0 aliphatic heterocycles. The summed E-state index contributed by atoms with van der Waals surface area (Å²) < 4.78 is 0. The fourth-order valence-electron chi connectivity index (χ4n) is 3.64. The first-order valence-corrected chi connectivity index (χ1v) is 7.18. The zero-order valence-corrected chi connectivity index (χ0v) is 13.1. The highest BCUT2D eigenvalue weighted by molar-refractivity contribution is 5.88. The number of fused-ring (bicyclic) bond motifs is 3. The number of rotatable bonds is 1. The van der Waals surface area contributed by atoms with Crippen LogP contribution in [0.15, 0.2) is 18.2 Å². The summed E-state index contributed by atoms with van der Waals surface area (Å²) in [7, 11) is 1.92. The first-order chi connectivity index (χ1) is 9.78. The summed E-state index contributed by atoms with van der Waals surface area (Å²) in [6, 6.07) is 5.71. The minimum Gasteiger partial charge on any atom is -0.508 e. The van der Waals surface area contributed by atoms with E-state index in [9.17, 15) is 10.2 Å². The predicted octanol–water partition coefficient (Wildman–Crippen LogP) is 4.06. The van der Waals surface area contributed by atoms with E-state index in [0.717, 1.165) is 33.5 Å². The molecular formula is C18H21NO2. The molecule has 0 fully saturated rings. The molecule has 0 atom stereocenters. The molecule has 21 heavy (non-hydrogen) atoms. The molecule has 0 unspecified atom stereocenters. The van der Waals surface area contributed by atoms with Crippen LogP contribution in [0.5, 0.6) is 11.5 Å². The van der Waals surface area contributed by atoms with Crippen molar-refractivity contribution in [3.05, 3.63) is 40.5 Å². The number of hydrogen-bond acceptors (Lipinski definition) is 3. The van der Waals surface area contributed by atoms with Crippen molar-refractivity contribution in [2.24, 2.45) is 0 Å². The van der Waals surface area contributed by atoms with E-state index in [2.05, 4.69) is 38.2 Å². The predicted molar refractivity (Wildman–Crippen MR) is 86.4 cm³/mol. The van der Waals surface area contributed by atoms with Gasteiger partial charge in [0.2, 0.25) is 0 Å². The van der Waals surface area contributed by atoms with Crippen LogP contribution >= 0.6 is 0 Å². The van der Waals surface area contributed by atoms with E-state index in [4.69, 9.17) is 0 Å². The minimum absolute atomic E-state index is 0.150. The van der Waals surface area contributed by atoms with Gasteiger partial charge in [0, 0.05) is 29.8 Å². The van der Waals surface area contributed by atoms with Crippen molar-refractivity contribution in [1.29, 1.82) is 0 Å². The Hall–Kier alpha value is -2.16. The SMILES string of the molecule is CNc1cc2c(cc1C)-c1c(O)cc(O)c(C)c1C2(C)C. The van der Waals surface area contributed by atoms with E-state index in [1.54, 1.807) is 0 Å². The summed E-state index contributed by atoms with van der Waals surface area (Å²) in [4.78, 5) is 0. The number of benzene rings is 2. The molecule has 2 aromatic rings. The largest absolute Gasteiger partial charge is 0.508 e. The lowest BCUT2D eigenvalue weighted by Gasteiger charge is -2.24. The summed E-state index contributed by atoms with van der Waals surface area (Å²) in [6.07, 6.45) is 0. The monoisotopic (exact) mass is 283 g/mol. The van der Waals surface area contributed by atoms with E-state index in [0.29, 0.717) is 0 Å². The Morgan fingerprint density at radius 2 is 1.67 bits per heavy atom. The van der Waals surface area contributed by atoms with E-state index in [1.165, 1.54) is 11.6 Å². The normalized spacial score (nSPS) is 14.7. The fraction of sp³-hybridized carbons (Fsp3) is 0.333. The minimum atomic E-state index is -0.246. The van der Waals surface area contributed by atoms with Crippen molar-refractivity contribution >= 4 is 5.69 Å². The van der Waals surface area contributed by atoms with Crippen LogP contribution in [0.2, 0.25) is 0 Å². The molecule has 0 saturated carbocycles. The highest BCUT2D eigenvalue weighted by Crippen LogP contribution is 2.55. The first-order valence-electron chi connectivity index (χ1n) is 7.18. The molecule has 0 saturated heterocycles. The summed E-state index contributed by atoms with van der Waals surface area (Å²) in [6.45, 7) is 8.24. The van der Waals surface area contributed by atoms with E-state index < -0.39 is 0 Å². The second kappa shape index (κ2) is 4.17. The lowest BCUT2D eigenvalue weighted by Crippen LogP contribution is -2.17. The quantitative estimate of drug-likeness (QED) is 0.739. The number of anilines is 1. The van der Waals surface area contributed by atoms with Crippen molar-refractivity contribution in [3.63, 3.8) is 0 Å². The molecule has 0 radical (unpaired) electrons. The van der Waals surface area contributed by atoms with Gasteiger partial charge in [-0.1, -0.05) is 13.8 Å². The molecule has 0 aromatic heterocycles. The van der Waals surface area contributed by atoms with Gasteiger partial charge < -0.3 is 15.5 Å². The number of nitrogens with one attached hydrogen (secondary N) is 1. The van der Waals surface area contributed by atoms with Gasteiger partial charge in [-0.15, -0.1) is 0 Å². The maximum Gasteiger partial charge on any atom is 0.127 e. The average molecular weight is 283 g/mol. The molecule has 110 valence electrons. The summed E-state index contributed by atoms with van der Waals surface area (Å²) in [5, 5.41) is 23.6. The van der Waals surface area contributed by atoms with Gasteiger partial charge in [0.25, 0.3) is 0 Å². The first kappa shape index (κ1) is 13.8. The maximum absolute atomic E-state index is 10.4. The zero-order chi connectivity index (χ0) is 15.5. The molecule has 3 N–H and O–H groups in total. The highest BCUT2D eigenvalue weighted by Gasteiger charge is 2.39. The van der Waals surface area contributed by atoms with Crippen molar-refractivity contribution in [3.8, 4) is 22.6 Å². The Kier molecular flexibility index (Phi) is 2.74. The number of phenolic OH excluding ortho intramolecular Hbond substituents is 2. The molecule has 3 nitrogen and oxygen atoms in total. The van der Waals surface area contributed by atoms with E-state index in [1.807, 2.05) is 14.0 Å². The fourth-order valence-corrected chi connectivity index (χ4v) is 3.64. The van der Waals surface area contributed by atoms with Gasteiger partial charge in [0.05, 0.1) is 0 Å². The molecule has 0 amide bonds. The Balaban J connectivity index is 2.44. The van der Waals surface area contributed by atoms with Gasteiger partial charge >= 0.3 is 0 Å². The number of aryl methyl sites for hydroxylation is 1. The smallest absolute Gasteiger partial charge is 0.127 e. The number of hydrogen-bond donors (Lipinski definition) is 3. The molecule has 3 heteroatoms. The Labute approximate surface area is 125 Å². The van der Waals surface area contributed by atoms with Crippen molar-refractivity contribution in [2.45, 2.75) is 33.1 Å². The van der Waals surface area contributed by atoms with Gasteiger partial charge in [-0.3, -0.25) is 0 Å². The van der Waals surface area contributed by atoms with E-state index in [-0.39, 0.29) is 16.9 Å². The van der Waals surface area contributed by atoms with Crippen molar-refractivity contribution < 1.29 is 10.2 Å². The van der Waals surface area contributed by atoms with Gasteiger partial charge in [-0.25, -0.2) is 0 Å². The summed E-state index contributed by atoms with van der Waals surface area (Å²) >= 11 is 0. The lowest BCUT2D eigenvalue weighted by atomic mass is 9.80. The molecule has 0 spiro atoms. The van der Waals surface area contributed by atoms with Crippen molar-refractivity contribution in [1.82, 2.24) is 0 Å². The van der Waals surface area contributed by atoms with Crippen LogP contribution in [0.3, 0.4) is 0 Å². The molecule has 1 aliphatic carbocycles. The van der Waals surface area contributed by atoms with Crippen LogP contribution in [-0.2, 0) is 5.41 Å². The Bertz CT molecular complexity index is 761. The number of aromatic hydroxyl groups is 2. The summed E-state index contributed by atoms with van der Waals surface area (Å²) in [5.41, 5.74) is 6.94. The summed E-state index contributed by atoms with van der Waals surface area (Å²) in [5.74, 6) is 0.300. The van der Waals surface area contributed by atoms with E-state index >= 15 is 0 Å². The molecule has 0 bridgehead atoms. The van der Waals surface area contributed by atoms with Crippen LogP contribution < -0.4 is 5.32 Å². The zero-order valence-electron chi connectivity index (χ0n) is 13.1. The Morgan fingerprint density at radius 1 is 1.00 bits per heavy atom. The van der Waals surface area contributed by atoms with Gasteiger partial charge in [0.15, 0.2) is 0 Å². The van der Waals surface area contributed by atoms with Crippen LogP contribution in [0.25, 0.3) is 11.1 Å². The molecule has 2 aromatic carbocycles. The molecular weight excluding hydrogens is 262 g/mol. The van der Waals surface area contributed by atoms with Gasteiger partial charge in [0.1, 0.15) is 11.5 Å². The van der Waals surface area contributed by atoms with Gasteiger partial charge in [-0.05, 0) is 53.8 Å². The topological polar surface area (TPSA) is 52.5 Å². The lowest BCUT2D eigenvalue weighted by molar-refractivity contribution is 0.446. The second-order valence-electron chi connectivity index (χ2n) is 6.38. The molecule has 1 aliphatic rings. The third-order valence-corrected chi connectivity index (χ3v) is 4.74. The van der Waals surface area contributed by atoms with Gasteiger partial charge in [-0.2, -0.15) is 0 Å². The maximum atomic E-state index is 10.4. The molecule has 0 heterocycles. The number of phenols is 2. The van der Waals surface area contributed by atoms with Crippen LogP contribution in [0, 0.1) is 13.8 Å². The van der Waals surface area contributed by atoms with Crippen LogP contribution in [-0.4, -0.2) is 17.3 Å². The molecule has 3 rings (SSSR count). The third kappa shape index (κ3) is 1.67. The average Bonchev–Trinajstić information content (AvgIpc) is 2.63. The third-order valence-electron chi connectivity index (χ3n) is 4.74. The Morgan fingerprint density at radius 3 is 2.29 bits per heavy atom. The van der Waals surface area contributed by atoms with Crippen LogP contribution in [0.4, 0.5) is 5.69 Å². The van der Waals surface area contributed by atoms with Crippen molar-refractivity contribution in [2.75, 3.05) is 12.4 Å². The standard InChI is InChI=1S/C18H21NO2/c1-9-6-11-12(7-13(9)19-5)18(3,4)17-10(2)14(20)8-15(21)16(11)17/h6-8,19-21H,1-5H3. The second-order valence-corrected chi connectivity index (χ2v) is 6.38. The van der Waals surface area contributed by atoms with Crippen LogP contribution in [0.1, 0.15) is 36.1 Å².